The number of halogens is 1. The number of carbonyl (C=O) groups is 2. The number of carbonyl (C=O) groups excluding carboxylic acids is 2. The summed E-state index contributed by atoms with van der Waals surface area (Å²) in [6.45, 7) is 3.47. The number of esters is 1. The summed E-state index contributed by atoms with van der Waals surface area (Å²) in [6, 6.07) is 12.0. The van der Waals surface area contributed by atoms with Crippen molar-refractivity contribution in [2.75, 3.05) is 6.61 Å². The number of rotatable bonds is 6. The van der Waals surface area contributed by atoms with Crippen LogP contribution >= 0.6 is 0 Å². The lowest BCUT2D eigenvalue weighted by atomic mass is 9.83. The van der Waals surface area contributed by atoms with Gasteiger partial charge in [-0.3, -0.25) is 14.9 Å². The van der Waals surface area contributed by atoms with Crippen LogP contribution in [0.4, 0.5) is 10.1 Å². The van der Waals surface area contributed by atoms with Crippen molar-refractivity contribution in [2.45, 2.75) is 32.7 Å². The Labute approximate surface area is 172 Å². The molecule has 0 fully saturated rings. The van der Waals surface area contributed by atoms with Crippen LogP contribution in [0.25, 0.3) is 0 Å². The molecule has 8 heteroatoms. The molecule has 2 aromatic rings. The number of hydrogen-bond acceptors (Lipinski definition) is 5. The maximum Gasteiger partial charge on any atom is 0.336 e. The number of hydrogen-bond donors (Lipinski definition) is 0. The molecular formula is C22H21FN2O5. The summed E-state index contributed by atoms with van der Waals surface area (Å²) in [5, 5.41) is 11.0. The summed E-state index contributed by atoms with van der Waals surface area (Å²) in [4.78, 5) is 37.6. The van der Waals surface area contributed by atoms with Gasteiger partial charge in [-0.1, -0.05) is 30.3 Å². The van der Waals surface area contributed by atoms with Crippen molar-refractivity contribution in [3.63, 3.8) is 0 Å². The van der Waals surface area contributed by atoms with Crippen LogP contribution in [-0.2, 0) is 20.9 Å². The third-order valence-electron chi connectivity index (χ3n) is 5.06. The van der Waals surface area contributed by atoms with Gasteiger partial charge in [0.05, 0.1) is 23.6 Å². The molecule has 156 valence electrons. The van der Waals surface area contributed by atoms with Gasteiger partial charge in [-0.2, -0.15) is 0 Å². The Balaban J connectivity index is 2.04. The van der Waals surface area contributed by atoms with Gasteiger partial charge in [0.2, 0.25) is 5.91 Å². The molecule has 1 atom stereocenters. The monoisotopic (exact) mass is 412 g/mol. The average molecular weight is 412 g/mol. The van der Waals surface area contributed by atoms with Crippen LogP contribution in [0.5, 0.6) is 0 Å². The number of allylic oxidation sites excluding steroid dienone is 1. The van der Waals surface area contributed by atoms with E-state index in [1.54, 1.807) is 38.1 Å². The van der Waals surface area contributed by atoms with Crippen LogP contribution in [-0.4, -0.2) is 28.3 Å². The highest BCUT2D eigenvalue weighted by Gasteiger charge is 2.38. The summed E-state index contributed by atoms with van der Waals surface area (Å²) in [6.07, 6.45) is -0.110. The summed E-state index contributed by atoms with van der Waals surface area (Å²) in [7, 11) is 0. The molecule has 0 saturated carbocycles. The topological polar surface area (TPSA) is 89.8 Å². The predicted octanol–water partition coefficient (Wildman–Crippen LogP) is 4.09. The van der Waals surface area contributed by atoms with E-state index in [2.05, 4.69) is 0 Å². The van der Waals surface area contributed by atoms with Crippen LogP contribution < -0.4 is 0 Å². The number of nitro groups is 1. The molecule has 0 aromatic heterocycles. The molecule has 2 aromatic carbocycles. The Bertz CT molecular complexity index is 1030. The first-order chi connectivity index (χ1) is 14.3. The van der Waals surface area contributed by atoms with Crippen molar-refractivity contribution < 1.29 is 23.6 Å². The average Bonchev–Trinajstić information content (AvgIpc) is 2.71. The van der Waals surface area contributed by atoms with E-state index in [-0.39, 0.29) is 42.3 Å². The van der Waals surface area contributed by atoms with E-state index in [9.17, 15) is 24.1 Å². The first-order valence-corrected chi connectivity index (χ1v) is 9.49. The number of non-ortho nitro benzene ring substituents is 1. The zero-order chi connectivity index (χ0) is 21.8. The largest absolute Gasteiger partial charge is 0.463 e. The molecule has 0 bridgehead atoms. The smallest absolute Gasteiger partial charge is 0.336 e. The van der Waals surface area contributed by atoms with Gasteiger partial charge in [-0.15, -0.1) is 0 Å². The second-order valence-corrected chi connectivity index (χ2v) is 6.90. The molecule has 1 amide bonds. The molecule has 0 spiro atoms. The Hall–Kier alpha value is -3.55. The minimum atomic E-state index is -0.765. The van der Waals surface area contributed by atoms with E-state index in [4.69, 9.17) is 4.74 Å². The lowest BCUT2D eigenvalue weighted by Gasteiger charge is -2.34. The molecule has 7 nitrogen and oxygen atoms in total. The summed E-state index contributed by atoms with van der Waals surface area (Å²) in [5.41, 5.74) is 1.28. The molecule has 0 radical (unpaired) electrons. The van der Waals surface area contributed by atoms with Gasteiger partial charge < -0.3 is 9.64 Å². The van der Waals surface area contributed by atoms with Gasteiger partial charge >= 0.3 is 5.97 Å². The molecule has 1 aliphatic heterocycles. The molecule has 30 heavy (non-hydrogen) atoms. The molecule has 1 heterocycles. The number of nitro benzene ring substituents is 1. The zero-order valence-electron chi connectivity index (χ0n) is 16.6. The van der Waals surface area contributed by atoms with Crippen LogP contribution in [0, 0.1) is 15.9 Å². The SMILES string of the molecule is CCOC(=O)C1=C(C)N(Cc2cccc([N+](=O)[O-])c2)C(=O)C[C@@H]1c1ccccc1F. The van der Waals surface area contributed by atoms with Gasteiger partial charge in [0, 0.05) is 30.2 Å². The molecule has 3 rings (SSSR count). The number of amides is 1. The van der Waals surface area contributed by atoms with E-state index < -0.39 is 22.6 Å². The normalized spacial score (nSPS) is 16.6. The van der Waals surface area contributed by atoms with E-state index in [1.165, 1.54) is 29.2 Å². The molecular weight excluding hydrogens is 391 g/mol. The van der Waals surface area contributed by atoms with Gasteiger partial charge in [-0.05, 0) is 31.0 Å². The lowest BCUT2D eigenvalue weighted by Crippen LogP contribution is -2.38. The highest BCUT2D eigenvalue weighted by atomic mass is 19.1. The lowest BCUT2D eigenvalue weighted by molar-refractivity contribution is -0.384. The van der Waals surface area contributed by atoms with E-state index >= 15 is 0 Å². The Morgan fingerprint density at radius 3 is 2.67 bits per heavy atom. The number of nitrogens with zero attached hydrogens (tertiary/aromatic N) is 2. The molecule has 0 N–H and O–H groups in total. The molecule has 0 unspecified atom stereocenters. The minimum Gasteiger partial charge on any atom is -0.463 e. The van der Waals surface area contributed by atoms with Crippen molar-refractivity contribution in [2.24, 2.45) is 0 Å². The summed E-state index contributed by atoms with van der Waals surface area (Å²) >= 11 is 0. The van der Waals surface area contributed by atoms with Gasteiger partial charge in [0.1, 0.15) is 5.82 Å². The van der Waals surface area contributed by atoms with Gasteiger partial charge in [-0.25, -0.2) is 9.18 Å². The van der Waals surface area contributed by atoms with Crippen molar-refractivity contribution in [3.8, 4) is 0 Å². The third kappa shape index (κ3) is 4.22. The van der Waals surface area contributed by atoms with Crippen LogP contribution in [0.1, 0.15) is 37.3 Å². The Morgan fingerprint density at radius 1 is 1.27 bits per heavy atom. The first-order valence-electron chi connectivity index (χ1n) is 9.49. The maximum absolute atomic E-state index is 14.5. The van der Waals surface area contributed by atoms with Gasteiger partial charge in [0.15, 0.2) is 0 Å². The van der Waals surface area contributed by atoms with E-state index in [0.717, 1.165) is 0 Å². The van der Waals surface area contributed by atoms with Crippen molar-refractivity contribution in [3.05, 3.63) is 86.9 Å². The summed E-state index contributed by atoms with van der Waals surface area (Å²) in [5.74, 6) is -2.18. The molecule has 0 saturated heterocycles. The maximum atomic E-state index is 14.5. The number of benzene rings is 2. The molecule has 1 aliphatic rings. The Kier molecular flexibility index (Phi) is 6.25. The van der Waals surface area contributed by atoms with Gasteiger partial charge in [0.25, 0.3) is 5.69 Å². The number of ether oxygens (including phenoxy) is 1. The van der Waals surface area contributed by atoms with Crippen molar-refractivity contribution in [1.29, 1.82) is 0 Å². The predicted molar refractivity (Wildman–Crippen MR) is 107 cm³/mol. The third-order valence-corrected chi connectivity index (χ3v) is 5.06. The highest BCUT2D eigenvalue weighted by molar-refractivity contribution is 5.95. The standard InChI is InChI=1S/C22H21FN2O5/c1-3-30-22(27)21-14(2)24(13-15-7-6-8-16(11-15)25(28)29)20(26)12-18(21)17-9-4-5-10-19(17)23/h4-11,18H,3,12-13H2,1-2H3/t18-/m1/s1. The van der Waals surface area contributed by atoms with E-state index in [0.29, 0.717) is 11.3 Å². The second kappa shape index (κ2) is 8.86. The fourth-order valence-electron chi connectivity index (χ4n) is 3.65. The van der Waals surface area contributed by atoms with Crippen molar-refractivity contribution >= 4 is 17.6 Å². The zero-order valence-corrected chi connectivity index (χ0v) is 16.6. The van der Waals surface area contributed by atoms with Crippen LogP contribution in [0.15, 0.2) is 59.8 Å². The van der Waals surface area contributed by atoms with Crippen LogP contribution in [0.3, 0.4) is 0 Å². The van der Waals surface area contributed by atoms with E-state index in [1.807, 2.05) is 0 Å². The first kappa shape index (κ1) is 21.2. The Morgan fingerprint density at radius 2 is 2.00 bits per heavy atom. The highest BCUT2D eigenvalue weighted by Crippen LogP contribution is 2.38. The second-order valence-electron chi connectivity index (χ2n) is 6.90. The quantitative estimate of drug-likeness (QED) is 0.405. The van der Waals surface area contributed by atoms with Crippen molar-refractivity contribution in [1.82, 2.24) is 4.90 Å². The summed E-state index contributed by atoms with van der Waals surface area (Å²) < 4.78 is 19.6. The fourth-order valence-corrected chi connectivity index (χ4v) is 3.65. The fraction of sp³-hybridized carbons (Fsp3) is 0.273. The minimum absolute atomic E-state index is 0.0548. The molecule has 0 aliphatic carbocycles. The van der Waals surface area contributed by atoms with Crippen LogP contribution in [0.2, 0.25) is 0 Å².